The Bertz CT molecular complexity index is 495. The first-order chi connectivity index (χ1) is 9.78. The molecule has 0 atom stereocenters. The summed E-state index contributed by atoms with van der Waals surface area (Å²) in [5.41, 5.74) is 1.03. The number of carbonyl (C=O) groups excluding carboxylic acids is 1. The Hall–Kier alpha value is -1.32. The van der Waals surface area contributed by atoms with Gasteiger partial charge in [-0.05, 0) is 43.9 Å². The minimum absolute atomic E-state index is 0.150. The number of carbonyl (C=O) groups is 1. The van der Waals surface area contributed by atoms with Gasteiger partial charge < -0.3 is 9.67 Å². The Morgan fingerprint density at radius 2 is 1.90 bits per heavy atom. The number of amides is 1. The zero-order chi connectivity index (χ0) is 15.9. The first-order valence-corrected chi connectivity index (χ1v) is 9.79. The van der Waals surface area contributed by atoms with E-state index in [1.807, 2.05) is 12.1 Å². The van der Waals surface area contributed by atoms with E-state index < -0.39 is 7.14 Å². The molecule has 0 unspecified atom stereocenters. The van der Waals surface area contributed by atoms with E-state index >= 15 is 0 Å². The van der Waals surface area contributed by atoms with E-state index in [1.54, 1.807) is 25.5 Å². The van der Waals surface area contributed by atoms with Gasteiger partial charge in [0.15, 0.2) is 0 Å². The van der Waals surface area contributed by atoms with Crippen LogP contribution < -0.4 is 0 Å². The van der Waals surface area contributed by atoms with E-state index in [2.05, 4.69) is 0 Å². The Balaban J connectivity index is 2.35. The molecule has 0 radical (unpaired) electrons. The normalized spacial score (nSPS) is 11.4. The van der Waals surface area contributed by atoms with Crippen LogP contribution in [-0.4, -0.2) is 48.7 Å². The monoisotopic (exact) mass is 313 g/mol. The van der Waals surface area contributed by atoms with Gasteiger partial charge in [-0.25, -0.2) is 5.06 Å². The first-order valence-electron chi connectivity index (χ1n) is 7.01. The number of benzene rings is 1. The third-order valence-electron chi connectivity index (χ3n) is 2.98. The highest BCUT2D eigenvalue weighted by Crippen LogP contribution is 2.36. The second kappa shape index (κ2) is 8.20. The molecule has 0 spiro atoms. The molecule has 0 aliphatic rings. The molecule has 1 aromatic rings. The van der Waals surface area contributed by atoms with Crippen LogP contribution in [0.1, 0.15) is 18.9 Å². The summed E-state index contributed by atoms with van der Waals surface area (Å²) in [6, 6.07) is 6.89. The standard InChI is InChI=1S/C15H24NO4P/c1-13(17)16(10-4-12-21(2,3)19)20-11-9-14-5-7-15(18)8-6-14/h5-8,18H,4,9-12H2,1-3H3. The molecule has 118 valence electrons. The van der Waals surface area contributed by atoms with E-state index in [9.17, 15) is 14.5 Å². The predicted octanol–water partition coefficient (Wildman–Crippen LogP) is 2.73. The lowest BCUT2D eigenvalue weighted by atomic mass is 10.1. The van der Waals surface area contributed by atoms with Gasteiger partial charge in [-0.2, -0.15) is 0 Å². The van der Waals surface area contributed by atoms with Crippen molar-refractivity contribution >= 4 is 13.0 Å². The van der Waals surface area contributed by atoms with Gasteiger partial charge in [0.1, 0.15) is 5.75 Å². The van der Waals surface area contributed by atoms with Crippen molar-refractivity contribution in [3.8, 4) is 5.75 Å². The molecule has 1 rings (SSSR count). The summed E-state index contributed by atoms with van der Waals surface area (Å²) in [5.74, 6) is 0.0799. The van der Waals surface area contributed by atoms with E-state index in [-0.39, 0.29) is 11.7 Å². The fourth-order valence-electron chi connectivity index (χ4n) is 1.84. The highest BCUT2D eigenvalue weighted by Gasteiger charge is 2.12. The van der Waals surface area contributed by atoms with Crippen molar-refractivity contribution < 1.29 is 19.3 Å². The molecule has 1 aromatic carbocycles. The molecule has 1 N–H and O–H groups in total. The van der Waals surface area contributed by atoms with E-state index in [1.165, 1.54) is 12.0 Å². The number of rotatable bonds is 8. The molecule has 0 heterocycles. The van der Waals surface area contributed by atoms with Crippen LogP contribution in [0.2, 0.25) is 0 Å². The summed E-state index contributed by atoms with van der Waals surface area (Å²) >= 11 is 0. The second-order valence-corrected chi connectivity index (χ2v) is 9.12. The van der Waals surface area contributed by atoms with Crippen molar-refractivity contribution in [2.45, 2.75) is 19.8 Å². The number of hydrogen-bond acceptors (Lipinski definition) is 4. The summed E-state index contributed by atoms with van der Waals surface area (Å²) in [4.78, 5) is 17.0. The maximum Gasteiger partial charge on any atom is 0.242 e. The number of phenolic OH excluding ortho intramolecular Hbond substituents is 1. The summed E-state index contributed by atoms with van der Waals surface area (Å²) < 4.78 is 11.6. The maximum absolute atomic E-state index is 11.6. The first kappa shape index (κ1) is 17.7. The zero-order valence-electron chi connectivity index (χ0n) is 12.9. The molecular formula is C15H24NO4P. The van der Waals surface area contributed by atoms with Crippen LogP contribution in [0, 0.1) is 0 Å². The van der Waals surface area contributed by atoms with Crippen molar-refractivity contribution in [1.82, 2.24) is 5.06 Å². The molecule has 0 aliphatic carbocycles. The average Bonchev–Trinajstić information content (AvgIpc) is 2.37. The molecule has 0 saturated heterocycles. The van der Waals surface area contributed by atoms with Gasteiger partial charge in [0.2, 0.25) is 5.91 Å². The lowest BCUT2D eigenvalue weighted by Crippen LogP contribution is -2.31. The molecule has 0 aliphatic heterocycles. The topological polar surface area (TPSA) is 66.8 Å². The minimum Gasteiger partial charge on any atom is -0.508 e. The molecular weight excluding hydrogens is 289 g/mol. The SMILES string of the molecule is CC(=O)N(CCCP(C)(C)=O)OCCc1ccc(O)cc1. The van der Waals surface area contributed by atoms with Crippen molar-refractivity contribution in [3.05, 3.63) is 29.8 Å². The molecule has 5 nitrogen and oxygen atoms in total. The zero-order valence-corrected chi connectivity index (χ0v) is 13.8. The van der Waals surface area contributed by atoms with E-state index in [4.69, 9.17) is 4.84 Å². The van der Waals surface area contributed by atoms with Crippen molar-refractivity contribution in [3.63, 3.8) is 0 Å². The number of nitrogens with zero attached hydrogens (tertiary/aromatic N) is 1. The highest BCUT2D eigenvalue weighted by atomic mass is 31.2. The Kier molecular flexibility index (Phi) is 6.93. The predicted molar refractivity (Wildman–Crippen MR) is 84.1 cm³/mol. The van der Waals surface area contributed by atoms with Gasteiger partial charge >= 0.3 is 0 Å². The van der Waals surface area contributed by atoms with Crippen molar-refractivity contribution in [1.29, 1.82) is 0 Å². The van der Waals surface area contributed by atoms with Gasteiger partial charge in [-0.15, -0.1) is 0 Å². The average molecular weight is 313 g/mol. The van der Waals surface area contributed by atoms with Crippen molar-refractivity contribution in [2.24, 2.45) is 0 Å². The fraction of sp³-hybridized carbons (Fsp3) is 0.533. The lowest BCUT2D eigenvalue weighted by Gasteiger charge is -2.20. The smallest absolute Gasteiger partial charge is 0.242 e. The van der Waals surface area contributed by atoms with Gasteiger partial charge in [-0.1, -0.05) is 12.1 Å². The molecule has 21 heavy (non-hydrogen) atoms. The Morgan fingerprint density at radius 1 is 1.29 bits per heavy atom. The van der Waals surface area contributed by atoms with Gasteiger partial charge in [0, 0.05) is 19.6 Å². The summed E-state index contributed by atoms with van der Waals surface area (Å²) in [6.07, 6.45) is 1.94. The Morgan fingerprint density at radius 3 is 2.43 bits per heavy atom. The van der Waals surface area contributed by atoms with Gasteiger partial charge in [0.05, 0.1) is 13.7 Å². The summed E-state index contributed by atoms with van der Waals surface area (Å²) in [7, 11) is -2.05. The van der Waals surface area contributed by atoms with Gasteiger partial charge in [-0.3, -0.25) is 9.63 Å². The highest BCUT2D eigenvalue weighted by molar-refractivity contribution is 7.62. The number of hydroxylamine groups is 2. The lowest BCUT2D eigenvalue weighted by molar-refractivity contribution is -0.183. The molecule has 0 saturated carbocycles. The third kappa shape index (κ3) is 7.88. The van der Waals surface area contributed by atoms with Crippen LogP contribution in [-0.2, 0) is 20.6 Å². The third-order valence-corrected chi connectivity index (χ3v) is 4.38. The molecule has 1 amide bonds. The molecule has 6 heteroatoms. The number of phenols is 1. The van der Waals surface area contributed by atoms with Crippen molar-refractivity contribution in [2.75, 3.05) is 32.6 Å². The summed E-state index contributed by atoms with van der Waals surface area (Å²) in [5, 5.41) is 10.5. The number of hydrogen-bond donors (Lipinski definition) is 1. The van der Waals surface area contributed by atoms with Crippen LogP contribution in [0.15, 0.2) is 24.3 Å². The van der Waals surface area contributed by atoms with Crippen LogP contribution in [0.25, 0.3) is 0 Å². The van der Waals surface area contributed by atoms with Crippen LogP contribution in [0.5, 0.6) is 5.75 Å². The maximum atomic E-state index is 11.6. The molecule has 0 aromatic heterocycles. The minimum atomic E-state index is -2.05. The summed E-state index contributed by atoms with van der Waals surface area (Å²) in [6.45, 7) is 5.79. The van der Waals surface area contributed by atoms with E-state index in [0.29, 0.717) is 32.2 Å². The molecule has 0 fully saturated rings. The van der Waals surface area contributed by atoms with Crippen LogP contribution >= 0.6 is 7.14 Å². The largest absolute Gasteiger partial charge is 0.508 e. The van der Waals surface area contributed by atoms with Crippen LogP contribution in [0.3, 0.4) is 0 Å². The van der Waals surface area contributed by atoms with E-state index in [0.717, 1.165) is 5.56 Å². The van der Waals surface area contributed by atoms with Gasteiger partial charge in [0.25, 0.3) is 0 Å². The fourth-order valence-corrected chi connectivity index (χ4v) is 2.75. The second-order valence-electron chi connectivity index (χ2n) is 5.52. The quantitative estimate of drug-likeness (QED) is 0.592. The molecule has 0 bridgehead atoms. The number of aromatic hydroxyl groups is 1. The van der Waals surface area contributed by atoms with Crippen LogP contribution in [0.4, 0.5) is 0 Å². The Labute approximate surface area is 126 Å².